The molecule has 13 heavy (non-hydrogen) atoms. The molecule has 0 radical (unpaired) electrons. The number of rotatable bonds is 1. The number of anilines is 1. The Morgan fingerprint density at radius 3 is 2.62 bits per heavy atom. The van der Waals surface area contributed by atoms with Crippen LogP contribution in [0.3, 0.4) is 0 Å². The van der Waals surface area contributed by atoms with Gasteiger partial charge in [0.25, 0.3) is 0 Å². The van der Waals surface area contributed by atoms with E-state index >= 15 is 0 Å². The number of halogens is 2. The molecule has 0 amide bonds. The molecule has 5 heteroatoms. The van der Waals surface area contributed by atoms with Crippen molar-refractivity contribution < 1.29 is 0 Å². The molecule has 1 saturated carbocycles. The molecule has 1 aliphatic rings. The van der Waals surface area contributed by atoms with E-state index in [1.54, 1.807) is 0 Å². The maximum atomic E-state index is 5.87. The molecule has 0 atom stereocenters. The molecule has 3 nitrogen and oxygen atoms in total. The van der Waals surface area contributed by atoms with Crippen molar-refractivity contribution in [2.24, 2.45) is 0 Å². The summed E-state index contributed by atoms with van der Waals surface area (Å²) in [4.78, 5) is 8.05. The minimum Gasteiger partial charge on any atom is -0.368 e. The molecule has 70 valence electrons. The van der Waals surface area contributed by atoms with E-state index in [4.69, 9.17) is 17.3 Å². The van der Waals surface area contributed by atoms with E-state index in [1.165, 1.54) is 19.3 Å². The molecule has 1 fully saturated rings. The van der Waals surface area contributed by atoms with Crippen molar-refractivity contribution in [2.45, 2.75) is 25.2 Å². The Morgan fingerprint density at radius 1 is 1.38 bits per heavy atom. The van der Waals surface area contributed by atoms with Crippen LogP contribution < -0.4 is 5.73 Å². The Bertz CT molecular complexity index is 338. The van der Waals surface area contributed by atoms with E-state index in [9.17, 15) is 0 Å². The second-order valence-electron chi connectivity index (χ2n) is 3.20. The fourth-order valence-corrected chi connectivity index (χ4v) is 2.09. The first-order valence-corrected chi connectivity index (χ1v) is 5.34. The quantitative estimate of drug-likeness (QED) is 0.792. The van der Waals surface area contributed by atoms with Crippen LogP contribution in [0.5, 0.6) is 0 Å². The van der Waals surface area contributed by atoms with Crippen molar-refractivity contribution in [3.05, 3.63) is 15.3 Å². The van der Waals surface area contributed by atoms with Crippen LogP contribution >= 0.6 is 27.5 Å². The summed E-state index contributed by atoms with van der Waals surface area (Å²) in [5.74, 6) is 0.771. The van der Waals surface area contributed by atoms with E-state index in [0.29, 0.717) is 11.1 Å². The molecule has 2 N–H and O–H groups in total. The first-order valence-electron chi connectivity index (χ1n) is 4.17. The lowest BCUT2D eigenvalue weighted by Gasteiger charge is -2.25. The normalized spacial score (nSPS) is 17.1. The van der Waals surface area contributed by atoms with Gasteiger partial charge in [-0.25, -0.2) is 9.97 Å². The average Bonchev–Trinajstić information content (AvgIpc) is 1.95. The number of hydrogen-bond acceptors (Lipinski definition) is 3. The smallest absolute Gasteiger partial charge is 0.221 e. The van der Waals surface area contributed by atoms with Crippen molar-refractivity contribution in [3.63, 3.8) is 0 Å². The highest BCUT2D eigenvalue weighted by atomic mass is 79.9. The summed E-state index contributed by atoms with van der Waals surface area (Å²) in [7, 11) is 0. The molecule has 0 aliphatic heterocycles. The molecule has 0 spiro atoms. The minimum atomic E-state index is 0.259. The average molecular weight is 263 g/mol. The number of nitrogens with zero attached hydrogens (tertiary/aromatic N) is 2. The van der Waals surface area contributed by atoms with E-state index in [1.807, 2.05) is 0 Å². The van der Waals surface area contributed by atoms with Gasteiger partial charge in [0.1, 0.15) is 5.15 Å². The first-order chi connectivity index (χ1) is 6.18. The van der Waals surface area contributed by atoms with E-state index in [2.05, 4.69) is 25.9 Å². The third kappa shape index (κ3) is 1.65. The van der Waals surface area contributed by atoms with Crippen molar-refractivity contribution in [1.82, 2.24) is 9.97 Å². The van der Waals surface area contributed by atoms with Crippen molar-refractivity contribution in [2.75, 3.05) is 5.73 Å². The molecular weight excluding hydrogens is 253 g/mol. The number of nitrogen functional groups attached to an aromatic ring is 1. The van der Waals surface area contributed by atoms with Gasteiger partial charge in [-0.3, -0.25) is 0 Å². The van der Waals surface area contributed by atoms with Gasteiger partial charge in [0.15, 0.2) is 0 Å². The van der Waals surface area contributed by atoms with Gasteiger partial charge in [0, 0.05) is 5.92 Å². The second-order valence-corrected chi connectivity index (χ2v) is 4.35. The predicted molar refractivity (Wildman–Crippen MR) is 55.7 cm³/mol. The molecule has 0 unspecified atom stereocenters. The van der Waals surface area contributed by atoms with Gasteiger partial charge in [-0.05, 0) is 28.8 Å². The molecular formula is C8H9BrClN3. The molecule has 2 rings (SSSR count). The van der Waals surface area contributed by atoms with Gasteiger partial charge in [-0.2, -0.15) is 0 Å². The zero-order chi connectivity index (χ0) is 9.42. The first kappa shape index (κ1) is 9.21. The van der Waals surface area contributed by atoms with Crippen LogP contribution in [-0.2, 0) is 0 Å². The summed E-state index contributed by atoms with van der Waals surface area (Å²) in [5.41, 5.74) is 6.48. The van der Waals surface area contributed by atoms with Gasteiger partial charge in [-0.15, -0.1) is 0 Å². The molecule has 0 aromatic carbocycles. The summed E-state index contributed by atoms with van der Waals surface area (Å²) in [5, 5.41) is 0.411. The van der Waals surface area contributed by atoms with Gasteiger partial charge in [0.2, 0.25) is 5.95 Å². The van der Waals surface area contributed by atoms with Crippen LogP contribution in [0, 0.1) is 0 Å². The minimum absolute atomic E-state index is 0.259. The van der Waals surface area contributed by atoms with Gasteiger partial charge < -0.3 is 5.73 Å². The molecule has 0 saturated heterocycles. The summed E-state index contributed by atoms with van der Waals surface area (Å²) in [6.07, 6.45) is 3.61. The Morgan fingerprint density at radius 2 is 2.08 bits per heavy atom. The van der Waals surface area contributed by atoms with Crippen LogP contribution in [0.25, 0.3) is 0 Å². The van der Waals surface area contributed by atoms with Gasteiger partial charge in [0.05, 0.1) is 10.2 Å². The maximum absolute atomic E-state index is 5.87. The molecule has 1 aromatic heterocycles. The molecule has 1 aliphatic carbocycles. The number of aromatic nitrogens is 2. The highest BCUT2D eigenvalue weighted by molar-refractivity contribution is 9.10. The zero-order valence-electron chi connectivity index (χ0n) is 6.93. The van der Waals surface area contributed by atoms with Gasteiger partial charge >= 0.3 is 0 Å². The van der Waals surface area contributed by atoms with Crippen molar-refractivity contribution >= 4 is 33.5 Å². The lowest BCUT2D eigenvalue weighted by Crippen LogP contribution is -2.13. The zero-order valence-corrected chi connectivity index (χ0v) is 9.27. The van der Waals surface area contributed by atoms with Crippen molar-refractivity contribution in [3.8, 4) is 0 Å². The van der Waals surface area contributed by atoms with E-state index < -0.39 is 0 Å². The number of hydrogen-bond donors (Lipinski definition) is 1. The molecule has 1 aromatic rings. The Balaban J connectivity index is 2.42. The lowest BCUT2D eigenvalue weighted by atomic mass is 9.83. The Hall–Kier alpha value is -0.350. The van der Waals surface area contributed by atoms with Gasteiger partial charge in [-0.1, -0.05) is 18.0 Å². The monoisotopic (exact) mass is 261 g/mol. The van der Waals surface area contributed by atoms with Crippen LogP contribution in [0.1, 0.15) is 30.9 Å². The highest BCUT2D eigenvalue weighted by Gasteiger charge is 2.25. The summed E-state index contributed by atoms with van der Waals surface area (Å²) in [6, 6.07) is 0. The van der Waals surface area contributed by atoms with Crippen LogP contribution in [0.2, 0.25) is 5.15 Å². The predicted octanol–water partition coefficient (Wildman–Crippen LogP) is 2.74. The molecule has 0 bridgehead atoms. The lowest BCUT2D eigenvalue weighted by molar-refractivity contribution is 0.409. The third-order valence-electron chi connectivity index (χ3n) is 2.35. The molecule has 1 heterocycles. The maximum Gasteiger partial charge on any atom is 0.221 e. The van der Waals surface area contributed by atoms with Crippen LogP contribution in [-0.4, -0.2) is 9.97 Å². The number of nitrogens with two attached hydrogens (primary N) is 1. The van der Waals surface area contributed by atoms with E-state index in [-0.39, 0.29) is 5.95 Å². The van der Waals surface area contributed by atoms with Crippen LogP contribution in [0.4, 0.5) is 5.95 Å². The SMILES string of the molecule is Nc1nc(Cl)c(Br)c(C2CCC2)n1. The summed E-state index contributed by atoms with van der Waals surface area (Å²) < 4.78 is 0.799. The second kappa shape index (κ2) is 3.42. The standard InChI is InChI=1S/C8H9BrClN3/c9-5-6(4-2-1-3-4)12-8(11)13-7(5)10/h4H,1-3H2,(H2,11,12,13). The van der Waals surface area contributed by atoms with Crippen LogP contribution in [0.15, 0.2) is 4.47 Å². The van der Waals surface area contributed by atoms with Crippen molar-refractivity contribution in [1.29, 1.82) is 0 Å². The van der Waals surface area contributed by atoms with E-state index in [0.717, 1.165) is 10.2 Å². The third-order valence-corrected chi connectivity index (χ3v) is 3.63. The Labute approximate surface area is 89.8 Å². The summed E-state index contributed by atoms with van der Waals surface area (Å²) in [6.45, 7) is 0. The fraction of sp³-hybridized carbons (Fsp3) is 0.500. The Kier molecular flexibility index (Phi) is 2.43. The topological polar surface area (TPSA) is 51.8 Å². The highest BCUT2D eigenvalue weighted by Crippen LogP contribution is 2.40. The fourth-order valence-electron chi connectivity index (χ4n) is 1.41. The summed E-state index contributed by atoms with van der Waals surface area (Å²) >= 11 is 9.24. The largest absolute Gasteiger partial charge is 0.368 e.